The Morgan fingerprint density at radius 3 is 2.96 bits per heavy atom. The fraction of sp³-hybridized carbons (Fsp3) is 0.500. The van der Waals surface area contributed by atoms with Crippen molar-refractivity contribution >= 4 is 28.5 Å². The van der Waals surface area contributed by atoms with Crippen LogP contribution in [0.5, 0.6) is 0 Å². The molecule has 2 aromatic rings. The number of rotatable bonds is 6. The van der Waals surface area contributed by atoms with Crippen molar-refractivity contribution in [1.82, 2.24) is 14.9 Å². The molecule has 7 heteroatoms. The van der Waals surface area contributed by atoms with Gasteiger partial charge in [-0.15, -0.1) is 0 Å². The Labute approximate surface area is 146 Å². The Morgan fingerprint density at radius 2 is 2.24 bits per heavy atom. The van der Waals surface area contributed by atoms with E-state index in [1.165, 1.54) is 6.92 Å². The van der Waals surface area contributed by atoms with E-state index in [4.69, 9.17) is 4.74 Å². The zero-order valence-corrected chi connectivity index (χ0v) is 14.7. The van der Waals surface area contributed by atoms with Gasteiger partial charge in [0.2, 0.25) is 11.8 Å². The number of hydrogen-bond donors (Lipinski definition) is 2. The molecule has 0 aliphatic carbocycles. The van der Waals surface area contributed by atoms with E-state index in [0.717, 1.165) is 48.2 Å². The number of aromatic nitrogens is 2. The smallest absolute Gasteiger partial charge is 0.249 e. The van der Waals surface area contributed by atoms with E-state index < -0.39 is 0 Å². The van der Waals surface area contributed by atoms with E-state index in [1.54, 1.807) is 0 Å². The zero-order valence-electron chi connectivity index (χ0n) is 14.7. The highest BCUT2D eigenvalue weighted by atomic mass is 16.5. The second kappa shape index (κ2) is 7.65. The molecule has 1 aliphatic rings. The van der Waals surface area contributed by atoms with Crippen molar-refractivity contribution in [3.8, 4) is 0 Å². The lowest BCUT2D eigenvalue weighted by atomic mass is 10.2. The number of fused-ring (bicyclic) bond motifs is 1. The van der Waals surface area contributed by atoms with Gasteiger partial charge in [0.05, 0.1) is 11.0 Å². The minimum absolute atomic E-state index is 0.0116. The van der Waals surface area contributed by atoms with Crippen LogP contribution in [0.15, 0.2) is 18.2 Å². The zero-order chi connectivity index (χ0) is 17.8. The molecule has 0 saturated carbocycles. The average molecular weight is 344 g/mol. The molecule has 3 rings (SSSR count). The number of nitrogens with one attached hydrogen (secondary N) is 2. The molecule has 1 saturated heterocycles. The molecule has 0 radical (unpaired) electrons. The van der Waals surface area contributed by atoms with Crippen LogP contribution < -0.4 is 10.6 Å². The standard InChI is InChI=1S/C18H24N4O3/c1-12(23)20-13-7-8-15-14(11-13)21-17(22(15)2)6-3-9-19-18(24)16-5-4-10-25-16/h7-8,11,16H,3-6,9-10H2,1-2H3,(H,19,24)(H,20,23)/t16-/m0/s1. The summed E-state index contributed by atoms with van der Waals surface area (Å²) >= 11 is 0. The van der Waals surface area contributed by atoms with Crippen molar-refractivity contribution in [2.45, 2.75) is 38.7 Å². The van der Waals surface area contributed by atoms with E-state index in [-0.39, 0.29) is 17.9 Å². The number of imidazole rings is 1. The summed E-state index contributed by atoms with van der Waals surface area (Å²) in [6, 6.07) is 5.70. The number of carbonyl (C=O) groups is 2. The van der Waals surface area contributed by atoms with Crippen LogP contribution in [0.2, 0.25) is 0 Å². The summed E-state index contributed by atoms with van der Waals surface area (Å²) in [6.07, 6.45) is 3.08. The highest BCUT2D eigenvalue weighted by Crippen LogP contribution is 2.20. The van der Waals surface area contributed by atoms with E-state index in [0.29, 0.717) is 13.2 Å². The highest BCUT2D eigenvalue weighted by Gasteiger charge is 2.22. The van der Waals surface area contributed by atoms with Crippen LogP contribution in [0.1, 0.15) is 32.0 Å². The van der Waals surface area contributed by atoms with Gasteiger partial charge < -0.3 is 19.9 Å². The third kappa shape index (κ3) is 4.17. The van der Waals surface area contributed by atoms with Crippen molar-refractivity contribution < 1.29 is 14.3 Å². The third-order valence-electron chi connectivity index (χ3n) is 4.39. The van der Waals surface area contributed by atoms with Crippen LogP contribution in [0.4, 0.5) is 5.69 Å². The molecule has 0 spiro atoms. The van der Waals surface area contributed by atoms with Crippen molar-refractivity contribution in [1.29, 1.82) is 0 Å². The van der Waals surface area contributed by atoms with E-state index >= 15 is 0 Å². The second-order valence-electron chi connectivity index (χ2n) is 6.37. The first-order valence-electron chi connectivity index (χ1n) is 8.67. The topological polar surface area (TPSA) is 85.2 Å². The molecule has 1 aromatic heterocycles. The number of amides is 2. The van der Waals surface area contributed by atoms with Gasteiger partial charge >= 0.3 is 0 Å². The third-order valence-corrected chi connectivity index (χ3v) is 4.39. The highest BCUT2D eigenvalue weighted by molar-refractivity contribution is 5.91. The van der Waals surface area contributed by atoms with Crippen molar-refractivity contribution in [2.75, 3.05) is 18.5 Å². The number of anilines is 1. The molecule has 1 aromatic carbocycles. The summed E-state index contributed by atoms with van der Waals surface area (Å²) in [5.74, 6) is 0.848. The maximum absolute atomic E-state index is 11.9. The number of carbonyl (C=O) groups excluding carboxylic acids is 2. The van der Waals surface area contributed by atoms with Gasteiger partial charge in [0.1, 0.15) is 11.9 Å². The molecular weight excluding hydrogens is 320 g/mol. The summed E-state index contributed by atoms with van der Waals surface area (Å²) in [5.41, 5.74) is 2.62. The predicted octanol–water partition coefficient (Wildman–Crippen LogP) is 1.76. The van der Waals surface area contributed by atoms with E-state index in [2.05, 4.69) is 20.2 Å². The summed E-state index contributed by atoms with van der Waals surface area (Å²) in [6.45, 7) is 2.77. The Kier molecular flexibility index (Phi) is 5.33. The number of ether oxygens (including phenoxy) is 1. The minimum atomic E-state index is -0.275. The fourth-order valence-electron chi connectivity index (χ4n) is 3.11. The first kappa shape index (κ1) is 17.4. The van der Waals surface area contributed by atoms with Crippen molar-refractivity contribution in [3.63, 3.8) is 0 Å². The Hall–Kier alpha value is -2.41. The minimum Gasteiger partial charge on any atom is -0.368 e. The van der Waals surface area contributed by atoms with Gasteiger partial charge in [-0.2, -0.15) is 0 Å². The SMILES string of the molecule is CC(=O)Nc1ccc2c(c1)nc(CCCNC(=O)[C@@H]1CCCO1)n2C. The molecule has 0 unspecified atom stereocenters. The predicted molar refractivity (Wildman–Crippen MR) is 95.3 cm³/mol. The summed E-state index contributed by atoms with van der Waals surface area (Å²) in [5, 5.41) is 5.70. The maximum Gasteiger partial charge on any atom is 0.249 e. The molecule has 1 atom stereocenters. The van der Waals surface area contributed by atoms with E-state index in [1.807, 2.05) is 25.2 Å². The van der Waals surface area contributed by atoms with Crippen LogP contribution in [0.3, 0.4) is 0 Å². The Bertz CT molecular complexity index is 778. The second-order valence-corrected chi connectivity index (χ2v) is 6.37. The van der Waals surface area contributed by atoms with Crippen molar-refractivity contribution in [3.05, 3.63) is 24.0 Å². The molecule has 1 fully saturated rings. The number of benzene rings is 1. The Balaban J connectivity index is 1.56. The van der Waals surface area contributed by atoms with Gasteiger partial charge in [-0.25, -0.2) is 4.98 Å². The normalized spacial score (nSPS) is 17.0. The van der Waals surface area contributed by atoms with Gasteiger partial charge in [0.15, 0.2) is 0 Å². The average Bonchev–Trinajstić information content (AvgIpc) is 3.20. The van der Waals surface area contributed by atoms with Crippen LogP contribution in [-0.4, -0.2) is 40.6 Å². The van der Waals surface area contributed by atoms with Gasteiger partial charge in [-0.3, -0.25) is 9.59 Å². The first-order chi connectivity index (χ1) is 12.0. The lowest BCUT2D eigenvalue weighted by Gasteiger charge is -2.10. The molecule has 7 nitrogen and oxygen atoms in total. The van der Waals surface area contributed by atoms with Crippen LogP contribution in [0, 0.1) is 0 Å². The van der Waals surface area contributed by atoms with Gasteiger partial charge in [0, 0.05) is 39.2 Å². The first-order valence-corrected chi connectivity index (χ1v) is 8.67. The molecule has 25 heavy (non-hydrogen) atoms. The lowest BCUT2D eigenvalue weighted by molar-refractivity contribution is -0.130. The van der Waals surface area contributed by atoms with Gasteiger partial charge in [-0.05, 0) is 37.5 Å². The van der Waals surface area contributed by atoms with Crippen LogP contribution in [-0.2, 0) is 27.8 Å². The van der Waals surface area contributed by atoms with Crippen LogP contribution >= 0.6 is 0 Å². The molecule has 2 N–H and O–H groups in total. The molecule has 2 heterocycles. The van der Waals surface area contributed by atoms with Crippen molar-refractivity contribution in [2.24, 2.45) is 7.05 Å². The molecule has 0 bridgehead atoms. The number of nitrogens with zero attached hydrogens (tertiary/aromatic N) is 2. The van der Waals surface area contributed by atoms with Crippen LogP contribution in [0.25, 0.3) is 11.0 Å². The maximum atomic E-state index is 11.9. The summed E-state index contributed by atoms with van der Waals surface area (Å²) in [4.78, 5) is 27.7. The molecular formula is C18H24N4O3. The van der Waals surface area contributed by atoms with Gasteiger partial charge in [-0.1, -0.05) is 0 Å². The number of aryl methyl sites for hydroxylation is 2. The monoisotopic (exact) mass is 344 g/mol. The largest absolute Gasteiger partial charge is 0.368 e. The quantitative estimate of drug-likeness (QED) is 0.782. The number of hydrogen-bond acceptors (Lipinski definition) is 4. The van der Waals surface area contributed by atoms with Gasteiger partial charge in [0.25, 0.3) is 0 Å². The lowest BCUT2D eigenvalue weighted by Crippen LogP contribution is -2.34. The summed E-state index contributed by atoms with van der Waals surface area (Å²) < 4.78 is 7.42. The van der Waals surface area contributed by atoms with E-state index in [9.17, 15) is 9.59 Å². The Morgan fingerprint density at radius 1 is 1.40 bits per heavy atom. The fourth-order valence-corrected chi connectivity index (χ4v) is 3.11. The molecule has 134 valence electrons. The molecule has 2 amide bonds. The molecule has 1 aliphatic heterocycles. The summed E-state index contributed by atoms with van der Waals surface area (Å²) in [7, 11) is 1.98.